The number of hydrogen-bond donors (Lipinski definition) is 0. The van der Waals surface area contributed by atoms with Crippen LogP contribution in [0.15, 0.2) is 45.3 Å². The Hall–Kier alpha value is -2.74. The van der Waals surface area contributed by atoms with Crippen LogP contribution in [0.3, 0.4) is 0 Å². The molecule has 4 rings (SSSR count). The molecule has 0 bridgehead atoms. The first-order valence-corrected chi connectivity index (χ1v) is 7.74. The van der Waals surface area contributed by atoms with Crippen molar-refractivity contribution in [2.24, 2.45) is 7.05 Å². The molecule has 116 valence electrons. The molecule has 0 amide bonds. The van der Waals surface area contributed by atoms with Gasteiger partial charge >= 0.3 is 5.69 Å². The Bertz CT molecular complexity index is 1170. The molecule has 23 heavy (non-hydrogen) atoms. The summed E-state index contributed by atoms with van der Waals surface area (Å²) in [4.78, 5) is 24.9. The van der Waals surface area contributed by atoms with Crippen LogP contribution in [0.4, 0.5) is 4.39 Å². The van der Waals surface area contributed by atoms with Gasteiger partial charge in [0.2, 0.25) is 5.78 Å². The second-order valence-electron chi connectivity index (χ2n) is 5.20. The molecule has 0 aliphatic rings. The van der Waals surface area contributed by atoms with Crippen molar-refractivity contribution in [1.29, 1.82) is 0 Å². The van der Waals surface area contributed by atoms with Crippen LogP contribution in [0.1, 0.15) is 5.56 Å². The fraction of sp³-hybridized carbons (Fsp3) is 0.133. The third kappa shape index (κ3) is 2.02. The zero-order chi connectivity index (χ0) is 16.1. The first-order chi connectivity index (χ1) is 11.1. The summed E-state index contributed by atoms with van der Waals surface area (Å²) in [6.07, 6.45) is 0. The van der Waals surface area contributed by atoms with E-state index in [2.05, 4.69) is 5.10 Å². The van der Waals surface area contributed by atoms with Crippen LogP contribution in [-0.2, 0) is 13.6 Å². The molecule has 6 nitrogen and oxygen atoms in total. The monoisotopic (exact) mass is 330 g/mol. The van der Waals surface area contributed by atoms with E-state index in [1.54, 1.807) is 30.6 Å². The lowest BCUT2D eigenvalue weighted by molar-refractivity contribution is 0.615. The zero-order valence-electron chi connectivity index (χ0n) is 12.1. The van der Waals surface area contributed by atoms with Crippen LogP contribution >= 0.6 is 11.3 Å². The van der Waals surface area contributed by atoms with Crippen molar-refractivity contribution in [1.82, 2.24) is 18.7 Å². The maximum absolute atomic E-state index is 13.3. The minimum atomic E-state index is -0.369. The van der Waals surface area contributed by atoms with Gasteiger partial charge in [-0.15, -0.1) is 16.4 Å². The number of halogens is 1. The molecule has 0 unspecified atom stereocenters. The molecular weight excluding hydrogens is 319 g/mol. The summed E-state index contributed by atoms with van der Waals surface area (Å²) in [5.74, 6) is -0.103. The van der Waals surface area contributed by atoms with Gasteiger partial charge in [0.15, 0.2) is 0 Å². The van der Waals surface area contributed by atoms with Crippen LogP contribution < -0.4 is 11.2 Å². The van der Waals surface area contributed by atoms with Gasteiger partial charge in [0.1, 0.15) is 10.5 Å². The summed E-state index contributed by atoms with van der Waals surface area (Å²) in [6.45, 7) is 0.137. The van der Waals surface area contributed by atoms with Gasteiger partial charge in [-0.2, -0.15) is 0 Å². The van der Waals surface area contributed by atoms with Gasteiger partial charge in [-0.1, -0.05) is 12.1 Å². The van der Waals surface area contributed by atoms with Gasteiger partial charge in [0, 0.05) is 7.05 Å². The summed E-state index contributed by atoms with van der Waals surface area (Å²) in [5, 5.41) is 6.01. The van der Waals surface area contributed by atoms with Crippen LogP contribution in [0.5, 0.6) is 0 Å². The van der Waals surface area contributed by atoms with Crippen LogP contribution in [-0.4, -0.2) is 18.7 Å². The van der Waals surface area contributed by atoms with E-state index in [0.717, 1.165) is 0 Å². The summed E-state index contributed by atoms with van der Waals surface area (Å²) < 4.78 is 17.8. The fourth-order valence-corrected chi connectivity index (χ4v) is 3.47. The van der Waals surface area contributed by atoms with Crippen LogP contribution in [0.25, 0.3) is 16.0 Å². The highest BCUT2D eigenvalue weighted by atomic mass is 32.1. The van der Waals surface area contributed by atoms with E-state index in [0.29, 0.717) is 15.8 Å². The molecule has 3 aromatic heterocycles. The minimum Gasteiger partial charge on any atom is -0.279 e. The Morgan fingerprint density at radius 1 is 1.26 bits per heavy atom. The smallest absolute Gasteiger partial charge is 0.279 e. The van der Waals surface area contributed by atoms with Gasteiger partial charge in [0.25, 0.3) is 5.56 Å². The predicted octanol–water partition coefficient (Wildman–Crippen LogP) is 1.60. The van der Waals surface area contributed by atoms with Crippen molar-refractivity contribution in [3.05, 3.63) is 67.9 Å². The number of aryl methyl sites for hydroxylation is 1. The third-order valence-electron chi connectivity index (χ3n) is 3.73. The van der Waals surface area contributed by atoms with Crippen molar-refractivity contribution in [3.63, 3.8) is 0 Å². The average Bonchev–Trinajstić information content (AvgIpc) is 3.11. The van der Waals surface area contributed by atoms with Gasteiger partial charge in [-0.05, 0) is 29.1 Å². The maximum atomic E-state index is 13.3. The van der Waals surface area contributed by atoms with Gasteiger partial charge in [-0.25, -0.2) is 18.3 Å². The molecule has 0 saturated carbocycles. The third-order valence-corrected chi connectivity index (χ3v) is 4.62. The van der Waals surface area contributed by atoms with Crippen molar-refractivity contribution < 1.29 is 4.39 Å². The fourth-order valence-electron chi connectivity index (χ4n) is 2.62. The molecule has 1 aromatic carbocycles. The number of benzene rings is 1. The van der Waals surface area contributed by atoms with Crippen LogP contribution in [0.2, 0.25) is 0 Å². The maximum Gasteiger partial charge on any atom is 0.352 e. The molecule has 0 atom stereocenters. The zero-order valence-corrected chi connectivity index (χ0v) is 12.9. The number of nitrogens with zero attached hydrogens (tertiary/aromatic N) is 4. The second kappa shape index (κ2) is 4.88. The molecule has 0 aliphatic heterocycles. The first kappa shape index (κ1) is 13.9. The Morgan fingerprint density at radius 2 is 2.09 bits per heavy atom. The normalized spacial score (nSPS) is 11.6. The summed E-state index contributed by atoms with van der Waals surface area (Å²) >= 11 is 1.29. The molecule has 4 aromatic rings. The topological polar surface area (TPSA) is 61.3 Å². The molecular formula is C15H11FN4O2S. The second-order valence-corrected chi connectivity index (χ2v) is 6.12. The van der Waals surface area contributed by atoms with Crippen molar-refractivity contribution >= 4 is 27.3 Å². The molecule has 0 spiro atoms. The Balaban J connectivity index is 1.99. The lowest BCUT2D eigenvalue weighted by Crippen LogP contribution is -2.24. The molecule has 0 aliphatic carbocycles. The largest absolute Gasteiger partial charge is 0.352 e. The quantitative estimate of drug-likeness (QED) is 0.561. The van der Waals surface area contributed by atoms with E-state index < -0.39 is 0 Å². The number of aromatic nitrogens is 4. The average molecular weight is 330 g/mol. The van der Waals surface area contributed by atoms with E-state index in [4.69, 9.17) is 0 Å². The molecule has 0 N–H and O–H groups in total. The van der Waals surface area contributed by atoms with Crippen molar-refractivity contribution in [3.8, 4) is 0 Å². The lowest BCUT2D eigenvalue weighted by atomic mass is 10.2. The van der Waals surface area contributed by atoms with Crippen LogP contribution in [0, 0.1) is 5.82 Å². The highest BCUT2D eigenvalue weighted by Crippen LogP contribution is 2.16. The predicted molar refractivity (Wildman–Crippen MR) is 85.6 cm³/mol. The van der Waals surface area contributed by atoms with Gasteiger partial charge in [-0.3, -0.25) is 9.36 Å². The lowest BCUT2D eigenvalue weighted by Gasteiger charge is -1.99. The number of thiophene rings is 1. The number of hydrogen-bond acceptors (Lipinski definition) is 4. The summed E-state index contributed by atoms with van der Waals surface area (Å²) in [5.41, 5.74) is 0.624. The van der Waals surface area contributed by atoms with E-state index in [-0.39, 0.29) is 29.4 Å². The van der Waals surface area contributed by atoms with Crippen molar-refractivity contribution in [2.45, 2.75) is 6.54 Å². The Morgan fingerprint density at radius 3 is 2.87 bits per heavy atom. The van der Waals surface area contributed by atoms with Crippen molar-refractivity contribution in [2.75, 3.05) is 0 Å². The standard InChI is InChI=1S/C15H11FN4O2S/c1-18-13(21)12-11(5-6-23-12)20-14(18)17-19(15(20)22)8-9-3-2-4-10(16)7-9/h2-7H,8H2,1H3. The Kier molecular flexibility index (Phi) is 2.95. The van der Waals surface area contributed by atoms with E-state index >= 15 is 0 Å². The highest BCUT2D eigenvalue weighted by molar-refractivity contribution is 7.17. The van der Waals surface area contributed by atoms with Gasteiger partial charge < -0.3 is 0 Å². The molecule has 8 heteroatoms. The minimum absolute atomic E-state index is 0.137. The molecule has 0 radical (unpaired) electrons. The Labute approximate surface area is 132 Å². The molecule has 0 fully saturated rings. The van der Waals surface area contributed by atoms with E-state index in [1.165, 1.54) is 37.1 Å². The summed E-state index contributed by atoms with van der Waals surface area (Å²) in [7, 11) is 1.58. The molecule has 0 saturated heterocycles. The number of fused-ring (bicyclic) bond motifs is 3. The van der Waals surface area contributed by atoms with E-state index in [9.17, 15) is 14.0 Å². The van der Waals surface area contributed by atoms with Gasteiger partial charge in [0.05, 0.1) is 12.1 Å². The first-order valence-electron chi connectivity index (χ1n) is 6.86. The SMILES string of the molecule is Cn1c(=O)c2sccc2n2c(=O)n(Cc3cccc(F)c3)nc12. The highest BCUT2D eigenvalue weighted by Gasteiger charge is 2.16. The summed E-state index contributed by atoms with van der Waals surface area (Å²) in [6, 6.07) is 7.73. The number of rotatable bonds is 2. The van der Waals surface area contributed by atoms with E-state index in [1.807, 2.05) is 0 Å². The molecule has 3 heterocycles.